The molecule has 0 amide bonds. The molecule has 4 aromatic rings. The van der Waals surface area contributed by atoms with E-state index in [1.165, 1.54) is 31.1 Å². The average Bonchev–Trinajstić information content (AvgIpc) is 3.15. The van der Waals surface area contributed by atoms with Crippen LogP contribution in [0.1, 0.15) is 0 Å². The molecule has 0 saturated carbocycles. The molecule has 0 bridgehead atoms. The van der Waals surface area contributed by atoms with E-state index in [4.69, 9.17) is 4.74 Å². The number of ether oxygens (including phenoxy) is 1. The Bertz CT molecular complexity index is 954. The van der Waals surface area contributed by atoms with Crippen molar-refractivity contribution in [2.24, 2.45) is 0 Å². The molecule has 3 aromatic carbocycles. The van der Waals surface area contributed by atoms with Crippen molar-refractivity contribution in [3.63, 3.8) is 0 Å². The second-order valence-electron chi connectivity index (χ2n) is 5.81. The van der Waals surface area contributed by atoms with Gasteiger partial charge in [0.05, 0.1) is 0 Å². The molecule has 0 unspecified atom stereocenters. The molecule has 0 radical (unpaired) electrons. The van der Waals surface area contributed by atoms with E-state index >= 15 is 0 Å². The van der Waals surface area contributed by atoms with E-state index in [0.717, 1.165) is 5.75 Å². The van der Waals surface area contributed by atoms with Crippen molar-refractivity contribution in [3.05, 3.63) is 91.0 Å². The van der Waals surface area contributed by atoms with Crippen molar-refractivity contribution >= 4 is 14.5 Å². The third kappa shape index (κ3) is 3.32. The normalized spacial score (nSPS) is 10.6. The molecule has 0 saturated heterocycles. The first-order valence-electron chi connectivity index (χ1n) is 8.24. The van der Waals surface area contributed by atoms with Gasteiger partial charge in [0.25, 0.3) is 0 Å². The fraction of sp³-hybridized carbons (Fsp3) is 0.0435. The van der Waals surface area contributed by atoms with Gasteiger partial charge in [0.1, 0.15) is 0 Å². The van der Waals surface area contributed by atoms with Gasteiger partial charge in [-0.25, -0.2) is 0 Å². The summed E-state index contributed by atoms with van der Waals surface area (Å²) in [4.78, 5) is 0. The van der Waals surface area contributed by atoms with E-state index in [1.54, 1.807) is 7.11 Å². The average molecular weight is 389 g/mol. The van der Waals surface area contributed by atoms with Crippen LogP contribution in [-0.4, -0.2) is 21.6 Å². The van der Waals surface area contributed by atoms with Gasteiger partial charge in [-0.3, -0.25) is 0 Å². The first-order valence-corrected chi connectivity index (χ1v) is 9.95. The number of hydrogen-bond donors (Lipinski definition) is 0. The second kappa shape index (κ2) is 7.14. The molecule has 0 N–H and O–H groups in total. The third-order valence-corrected chi connectivity index (χ3v) is 6.81. The van der Waals surface area contributed by atoms with Crippen LogP contribution < -0.4 is 4.74 Å². The van der Waals surface area contributed by atoms with E-state index < -0.39 is 0 Å². The monoisotopic (exact) mass is 390 g/mol. The van der Waals surface area contributed by atoms with Crippen molar-refractivity contribution in [1.29, 1.82) is 0 Å². The SMILES string of the molecule is COc1ccc(-c2cc(-c3ccccc3)[se]c2-c2ccccc2)cc1. The molecule has 25 heavy (non-hydrogen) atoms. The molecule has 1 aromatic heterocycles. The number of benzene rings is 3. The fourth-order valence-electron chi connectivity index (χ4n) is 2.92. The topological polar surface area (TPSA) is 9.23 Å². The molecule has 4 rings (SSSR count). The van der Waals surface area contributed by atoms with Crippen molar-refractivity contribution in [2.45, 2.75) is 0 Å². The molecule has 0 atom stereocenters. The summed E-state index contributed by atoms with van der Waals surface area (Å²) in [5, 5.41) is 0. The first kappa shape index (κ1) is 16.0. The minimum atomic E-state index is 0.290. The molecule has 122 valence electrons. The Labute approximate surface area is 154 Å². The molecule has 0 aliphatic heterocycles. The quantitative estimate of drug-likeness (QED) is 0.404. The first-order chi connectivity index (χ1) is 12.3. The number of hydrogen-bond acceptors (Lipinski definition) is 1. The van der Waals surface area contributed by atoms with Crippen LogP contribution in [0.5, 0.6) is 5.75 Å². The zero-order chi connectivity index (χ0) is 17.1. The van der Waals surface area contributed by atoms with Gasteiger partial charge in [0, 0.05) is 0 Å². The van der Waals surface area contributed by atoms with Crippen LogP contribution in [-0.2, 0) is 0 Å². The Morgan fingerprint density at radius 3 is 1.84 bits per heavy atom. The third-order valence-electron chi connectivity index (χ3n) is 4.23. The fourth-order valence-corrected chi connectivity index (χ4v) is 5.42. The van der Waals surface area contributed by atoms with Crippen LogP contribution >= 0.6 is 0 Å². The van der Waals surface area contributed by atoms with Gasteiger partial charge in [-0.05, 0) is 0 Å². The zero-order valence-electron chi connectivity index (χ0n) is 14.0. The standard InChI is InChI=1S/C23H18OSe/c1-24-20-14-12-17(13-15-20)21-16-22(18-8-4-2-5-9-18)25-23(21)19-10-6-3-7-11-19/h2-16H,1H3. The van der Waals surface area contributed by atoms with E-state index in [-0.39, 0.29) is 14.5 Å². The summed E-state index contributed by atoms with van der Waals surface area (Å²) in [5.74, 6) is 0.890. The van der Waals surface area contributed by atoms with E-state index in [0.29, 0.717) is 0 Å². The number of rotatable bonds is 4. The summed E-state index contributed by atoms with van der Waals surface area (Å²) < 4.78 is 8.18. The number of methoxy groups -OCH3 is 1. The second-order valence-corrected chi connectivity index (χ2v) is 8.02. The predicted molar refractivity (Wildman–Crippen MR) is 106 cm³/mol. The molecule has 0 aliphatic carbocycles. The molecular formula is C23H18OSe. The van der Waals surface area contributed by atoms with Crippen molar-refractivity contribution in [3.8, 4) is 36.9 Å². The summed E-state index contributed by atoms with van der Waals surface area (Å²) >= 11 is 0.290. The van der Waals surface area contributed by atoms with Gasteiger partial charge in [-0.2, -0.15) is 0 Å². The predicted octanol–water partition coefficient (Wildman–Crippen LogP) is 5.75. The summed E-state index contributed by atoms with van der Waals surface area (Å²) in [6.07, 6.45) is 0. The van der Waals surface area contributed by atoms with Gasteiger partial charge in [-0.1, -0.05) is 0 Å². The summed E-state index contributed by atoms with van der Waals surface area (Å²) in [6.45, 7) is 0. The van der Waals surface area contributed by atoms with Gasteiger partial charge in [0.15, 0.2) is 0 Å². The maximum absolute atomic E-state index is 5.31. The van der Waals surface area contributed by atoms with Gasteiger partial charge in [0.2, 0.25) is 0 Å². The Balaban J connectivity index is 1.87. The van der Waals surface area contributed by atoms with Crippen LogP contribution in [0.2, 0.25) is 0 Å². The van der Waals surface area contributed by atoms with Crippen molar-refractivity contribution < 1.29 is 4.74 Å². The van der Waals surface area contributed by atoms with E-state index in [2.05, 4.69) is 78.9 Å². The Kier molecular flexibility index (Phi) is 4.56. The van der Waals surface area contributed by atoms with Crippen LogP contribution in [0, 0.1) is 0 Å². The van der Waals surface area contributed by atoms with Crippen LogP contribution in [0.4, 0.5) is 0 Å². The molecule has 0 spiro atoms. The van der Waals surface area contributed by atoms with Crippen LogP contribution in [0.15, 0.2) is 91.0 Å². The van der Waals surface area contributed by atoms with Crippen LogP contribution in [0.25, 0.3) is 31.1 Å². The molecule has 0 fully saturated rings. The van der Waals surface area contributed by atoms with Crippen molar-refractivity contribution in [2.75, 3.05) is 7.11 Å². The van der Waals surface area contributed by atoms with Gasteiger partial charge in [-0.15, -0.1) is 0 Å². The zero-order valence-corrected chi connectivity index (χ0v) is 15.7. The maximum atomic E-state index is 5.31. The Hall–Kier alpha value is -2.54. The summed E-state index contributed by atoms with van der Waals surface area (Å²) in [7, 11) is 1.70. The Morgan fingerprint density at radius 2 is 1.24 bits per heavy atom. The molecule has 1 nitrogen and oxygen atoms in total. The summed E-state index contributed by atoms with van der Waals surface area (Å²) in [5.41, 5.74) is 5.20. The molecular weight excluding hydrogens is 371 g/mol. The molecule has 1 heterocycles. The van der Waals surface area contributed by atoms with Gasteiger partial charge < -0.3 is 0 Å². The van der Waals surface area contributed by atoms with Gasteiger partial charge >= 0.3 is 154 Å². The van der Waals surface area contributed by atoms with Crippen LogP contribution in [0.3, 0.4) is 0 Å². The molecule has 0 aliphatic rings. The van der Waals surface area contributed by atoms with E-state index in [9.17, 15) is 0 Å². The van der Waals surface area contributed by atoms with E-state index in [1.807, 2.05) is 12.1 Å². The summed E-state index contributed by atoms with van der Waals surface area (Å²) in [6, 6.07) is 32.2. The van der Waals surface area contributed by atoms with Crippen molar-refractivity contribution in [1.82, 2.24) is 0 Å². The minimum absolute atomic E-state index is 0.290. The Morgan fingerprint density at radius 1 is 0.640 bits per heavy atom. The molecule has 2 heteroatoms.